The fourth-order valence-corrected chi connectivity index (χ4v) is 1.67. The van der Waals surface area contributed by atoms with Gasteiger partial charge in [-0.2, -0.15) is 0 Å². The zero-order valence-electron chi connectivity index (χ0n) is 9.43. The maximum atomic E-state index is 11.8. The Labute approximate surface area is 109 Å². The predicted molar refractivity (Wildman–Crippen MR) is 69.7 cm³/mol. The molecule has 1 aromatic heterocycles. The van der Waals surface area contributed by atoms with Gasteiger partial charge in [0.05, 0.1) is 23.3 Å². The van der Waals surface area contributed by atoms with Gasteiger partial charge in [0.1, 0.15) is 5.75 Å². The van der Waals surface area contributed by atoms with Crippen molar-refractivity contribution < 1.29 is 9.90 Å². The Hall–Kier alpha value is -2.07. The number of benzene rings is 1. The van der Waals surface area contributed by atoms with Crippen molar-refractivity contribution in [1.82, 2.24) is 4.98 Å². The van der Waals surface area contributed by atoms with E-state index < -0.39 is 0 Å². The van der Waals surface area contributed by atoms with Gasteiger partial charge in [0.2, 0.25) is 5.91 Å². The molecule has 1 aromatic carbocycles. The largest absolute Gasteiger partial charge is 0.508 e. The van der Waals surface area contributed by atoms with Crippen LogP contribution in [0, 0.1) is 0 Å². The maximum absolute atomic E-state index is 11.8. The number of anilines is 1. The van der Waals surface area contributed by atoms with E-state index in [4.69, 9.17) is 11.6 Å². The van der Waals surface area contributed by atoms with Crippen LogP contribution < -0.4 is 5.32 Å². The first-order valence-electron chi connectivity index (χ1n) is 5.32. The number of amides is 1. The number of phenolic OH excluding ortho intramolecular Hbond substituents is 1. The van der Waals surface area contributed by atoms with E-state index in [9.17, 15) is 9.90 Å². The van der Waals surface area contributed by atoms with Crippen LogP contribution in [0.25, 0.3) is 0 Å². The van der Waals surface area contributed by atoms with Gasteiger partial charge in [-0.25, -0.2) is 0 Å². The molecule has 1 heterocycles. The molecule has 0 bridgehead atoms. The predicted octanol–water partition coefficient (Wildman–Crippen LogP) is 2.62. The summed E-state index contributed by atoms with van der Waals surface area (Å²) >= 11 is 5.90. The Kier molecular flexibility index (Phi) is 3.79. The van der Waals surface area contributed by atoms with E-state index in [1.54, 1.807) is 36.5 Å². The van der Waals surface area contributed by atoms with Crippen molar-refractivity contribution in [2.24, 2.45) is 0 Å². The van der Waals surface area contributed by atoms with Crippen molar-refractivity contribution in [1.29, 1.82) is 0 Å². The lowest BCUT2D eigenvalue weighted by Crippen LogP contribution is -2.14. The lowest BCUT2D eigenvalue weighted by atomic mass is 10.1. The molecule has 1 amide bonds. The van der Waals surface area contributed by atoms with Gasteiger partial charge in [-0.1, -0.05) is 23.7 Å². The summed E-state index contributed by atoms with van der Waals surface area (Å²) < 4.78 is 0. The summed E-state index contributed by atoms with van der Waals surface area (Å²) in [7, 11) is 0. The molecule has 2 N–H and O–H groups in total. The number of hydrogen-bond acceptors (Lipinski definition) is 3. The minimum absolute atomic E-state index is 0.139. The minimum atomic E-state index is -0.212. The highest BCUT2D eigenvalue weighted by molar-refractivity contribution is 6.33. The monoisotopic (exact) mass is 262 g/mol. The summed E-state index contributed by atoms with van der Waals surface area (Å²) in [5.41, 5.74) is 1.21. The van der Waals surface area contributed by atoms with Gasteiger partial charge in [0.25, 0.3) is 0 Å². The number of pyridine rings is 1. The number of rotatable bonds is 3. The molecule has 0 saturated heterocycles. The highest BCUT2D eigenvalue weighted by Gasteiger charge is 2.07. The molecule has 2 aromatic rings. The Balaban J connectivity index is 2.03. The number of aromatic hydroxyl groups is 1. The smallest absolute Gasteiger partial charge is 0.228 e. The van der Waals surface area contributed by atoms with E-state index in [0.29, 0.717) is 10.7 Å². The Morgan fingerprint density at radius 2 is 2.22 bits per heavy atom. The van der Waals surface area contributed by atoms with Crippen LogP contribution in [-0.2, 0) is 11.2 Å². The topological polar surface area (TPSA) is 62.2 Å². The van der Waals surface area contributed by atoms with Gasteiger partial charge in [-0.15, -0.1) is 0 Å². The molecular formula is C13H11ClN2O2. The fraction of sp³-hybridized carbons (Fsp3) is 0.0769. The van der Waals surface area contributed by atoms with Crippen LogP contribution in [-0.4, -0.2) is 16.0 Å². The Bertz CT molecular complexity index is 572. The third kappa shape index (κ3) is 3.21. The van der Waals surface area contributed by atoms with Crippen LogP contribution in [0.2, 0.25) is 5.02 Å². The second kappa shape index (κ2) is 5.51. The SMILES string of the molecule is O=C(Cc1cccc(O)c1)Nc1cnccc1Cl. The van der Waals surface area contributed by atoms with E-state index in [2.05, 4.69) is 10.3 Å². The number of aromatic nitrogens is 1. The number of nitrogens with one attached hydrogen (secondary N) is 1. The van der Waals surface area contributed by atoms with Gasteiger partial charge in [-0.3, -0.25) is 9.78 Å². The maximum Gasteiger partial charge on any atom is 0.228 e. The molecule has 0 aliphatic rings. The summed E-state index contributed by atoms with van der Waals surface area (Å²) in [6.07, 6.45) is 3.20. The van der Waals surface area contributed by atoms with Gasteiger partial charge >= 0.3 is 0 Å². The van der Waals surface area contributed by atoms with Crippen LogP contribution >= 0.6 is 11.6 Å². The standard InChI is InChI=1S/C13H11ClN2O2/c14-11-4-5-15-8-12(11)16-13(18)7-9-2-1-3-10(17)6-9/h1-6,8,17H,7H2,(H,16,18). The molecule has 0 unspecified atom stereocenters. The van der Waals surface area contributed by atoms with Crippen molar-refractivity contribution in [2.75, 3.05) is 5.32 Å². The molecule has 92 valence electrons. The van der Waals surface area contributed by atoms with Crippen molar-refractivity contribution in [3.63, 3.8) is 0 Å². The quantitative estimate of drug-likeness (QED) is 0.894. The number of halogens is 1. The zero-order chi connectivity index (χ0) is 13.0. The molecule has 0 fully saturated rings. The van der Waals surface area contributed by atoms with E-state index in [-0.39, 0.29) is 18.1 Å². The number of nitrogens with zero attached hydrogens (tertiary/aromatic N) is 1. The average molecular weight is 263 g/mol. The van der Waals surface area contributed by atoms with Gasteiger partial charge in [0.15, 0.2) is 0 Å². The van der Waals surface area contributed by atoms with E-state index in [0.717, 1.165) is 5.56 Å². The first-order valence-corrected chi connectivity index (χ1v) is 5.70. The van der Waals surface area contributed by atoms with E-state index in [1.165, 1.54) is 6.20 Å². The Morgan fingerprint density at radius 3 is 2.94 bits per heavy atom. The molecule has 4 nitrogen and oxygen atoms in total. The van der Waals surface area contributed by atoms with Crippen LogP contribution in [0.3, 0.4) is 0 Å². The summed E-state index contributed by atoms with van der Waals surface area (Å²) in [6, 6.07) is 8.16. The highest BCUT2D eigenvalue weighted by atomic mass is 35.5. The highest BCUT2D eigenvalue weighted by Crippen LogP contribution is 2.19. The van der Waals surface area contributed by atoms with Gasteiger partial charge in [-0.05, 0) is 23.8 Å². The minimum Gasteiger partial charge on any atom is -0.508 e. The molecule has 5 heteroatoms. The number of hydrogen-bond donors (Lipinski definition) is 2. The van der Waals surface area contributed by atoms with Crippen molar-refractivity contribution >= 4 is 23.2 Å². The molecule has 2 rings (SSSR count). The van der Waals surface area contributed by atoms with Crippen LogP contribution in [0.4, 0.5) is 5.69 Å². The Morgan fingerprint density at radius 1 is 1.39 bits per heavy atom. The molecule has 0 spiro atoms. The lowest BCUT2D eigenvalue weighted by Gasteiger charge is -2.06. The molecular weight excluding hydrogens is 252 g/mol. The molecule has 0 saturated carbocycles. The van der Waals surface area contributed by atoms with Crippen LogP contribution in [0.1, 0.15) is 5.56 Å². The summed E-state index contributed by atoms with van der Waals surface area (Å²) in [4.78, 5) is 15.6. The molecule has 0 aliphatic heterocycles. The van der Waals surface area contributed by atoms with Crippen LogP contribution in [0.15, 0.2) is 42.7 Å². The third-order valence-corrected chi connectivity index (χ3v) is 2.65. The second-order valence-corrected chi connectivity index (χ2v) is 4.16. The summed E-state index contributed by atoms with van der Waals surface area (Å²) in [5.74, 6) is -0.0739. The average Bonchev–Trinajstić information content (AvgIpc) is 2.32. The van der Waals surface area contributed by atoms with Gasteiger partial charge < -0.3 is 10.4 Å². The van der Waals surface area contributed by atoms with E-state index in [1.807, 2.05) is 0 Å². The number of carbonyl (C=O) groups excluding carboxylic acids is 1. The zero-order valence-corrected chi connectivity index (χ0v) is 10.2. The molecule has 0 aliphatic carbocycles. The van der Waals surface area contributed by atoms with Crippen molar-refractivity contribution in [2.45, 2.75) is 6.42 Å². The van der Waals surface area contributed by atoms with Crippen LogP contribution in [0.5, 0.6) is 5.75 Å². The second-order valence-electron chi connectivity index (χ2n) is 3.75. The van der Waals surface area contributed by atoms with Crippen molar-refractivity contribution in [3.05, 3.63) is 53.3 Å². The normalized spacial score (nSPS) is 10.1. The number of phenols is 1. The molecule has 0 atom stereocenters. The van der Waals surface area contributed by atoms with E-state index >= 15 is 0 Å². The molecule has 18 heavy (non-hydrogen) atoms. The molecule has 0 radical (unpaired) electrons. The fourth-order valence-electron chi connectivity index (χ4n) is 1.52. The van der Waals surface area contributed by atoms with Gasteiger partial charge in [0, 0.05) is 6.20 Å². The first kappa shape index (κ1) is 12.4. The third-order valence-electron chi connectivity index (χ3n) is 2.32. The summed E-state index contributed by atoms with van der Waals surface area (Å²) in [6.45, 7) is 0. The number of carbonyl (C=O) groups is 1. The summed E-state index contributed by atoms with van der Waals surface area (Å²) in [5, 5.41) is 12.4. The first-order chi connectivity index (χ1) is 8.65. The lowest BCUT2D eigenvalue weighted by molar-refractivity contribution is -0.115. The van der Waals surface area contributed by atoms with Crippen molar-refractivity contribution in [3.8, 4) is 5.75 Å².